The average molecular weight is 623 g/mol. The molecule has 1 fully saturated rings. The number of hydrogen-bond acceptors (Lipinski definition) is 4. The molecule has 5 rings (SSSR count). The highest BCUT2D eigenvalue weighted by Crippen LogP contribution is 2.58. The Morgan fingerprint density at radius 1 is 0.795 bits per heavy atom. The van der Waals surface area contributed by atoms with Crippen LogP contribution in [0.2, 0.25) is 18.1 Å². The molecule has 1 aliphatic heterocycles. The molecule has 0 saturated carbocycles. The molecule has 1 aliphatic rings. The van der Waals surface area contributed by atoms with Gasteiger partial charge in [-0.3, -0.25) is 9.59 Å². The van der Waals surface area contributed by atoms with Crippen molar-refractivity contribution in [3.8, 4) is 0 Å². The molecule has 0 radical (unpaired) electrons. The molecule has 0 unspecified atom stereocenters. The summed E-state index contributed by atoms with van der Waals surface area (Å²) in [5.74, 6) is -0.440. The van der Waals surface area contributed by atoms with E-state index in [-0.39, 0.29) is 23.3 Å². The van der Waals surface area contributed by atoms with Crippen LogP contribution in [0.25, 0.3) is 0 Å². The topological polar surface area (TPSA) is 58.6 Å². The summed E-state index contributed by atoms with van der Waals surface area (Å²) in [5, 5.41) is 2.46. The molecule has 0 aliphatic carbocycles. The number of hydrogen-bond donors (Lipinski definition) is 1. The van der Waals surface area contributed by atoms with E-state index in [0.29, 0.717) is 0 Å². The summed E-state index contributed by atoms with van der Waals surface area (Å²) in [5.41, 5.74) is 2.59. The van der Waals surface area contributed by atoms with E-state index in [1.54, 1.807) is 11.8 Å². The minimum atomic E-state index is -2.45. The van der Waals surface area contributed by atoms with Crippen LogP contribution >= 0.6 is 11.8 Å². The van der Waals surface area contributed by atoms with Gasteiger partial charge in [-0.05, 0) is 27.3 Å². The van der Waals surface area contributed by atoms with Gasteiger partial charge in [0, 0.05) is 7.11 Å². The number of nitrogens with zero attached hydrogens (tertiary/aromatic N) is 1. The third-order valence-corrected chi connectivity index (χ3v) is 16.6. The molecular formula is C37H42N2O3SSi. The van der Waals surface area contributed by atoms with Gasteiger partial charge in [0.25, 0.3) is 5.91 Å². The van der Waals surface area contributed by atoms with Crippen molar-refractivity contribution >= 4 is 31.8 Å². The van der Waals surface area contributed by atoms with Crippen LogP contribution in [0.1, 0.15) is 43.0 Å². The van der Waals surface area contributed by atoms with Gasteiger partial charge in [-0.1, -0.05) is 155 Å². The second kappa shape index (κ2) is 12.4. The van der Waals surface area contributed by atoms with Gasteiger partial charge in [-0.2, -0.15) is 0 Å². The van der Waals surface area contributed by atoms with Gasteiger partial charge < -0.3 is 14.6 Å². The molecule has 0 aromatic heterocycles. The summed E-state index contributed by atoms with van der Waals surface area (Å²) in [6.07, 6.45) is 0.151. The van der Waals surface area contributed by atoms with E-state index in [4.69, 9.17) is 4.74 Å². The molecule has 1 N–H and O–H groups in total. The Morgan fingerprint density at radius 2 is 1.20 bits per heavy atom. The van der Waals surface area contributed by atoms with E-state index < -0.39 is 24.1 Å². The number of ether oxygens (including phenoxy) is 1. The van der Waals surface area contributed by atoms with E-state index in [2.05, 4.69) is 117 Å². The van der Waals surface area contributed by atoms with E-state index in [9.17, 15) is 9.59 Å². The first-order valence-electron chi connectivity index (χ1n) is 15.1. The molecule has 228 valence electrons. The molecule has 4 aromatic carbocycles. The molecular weight excluding hydrogens is 581 g/mol. The Morgan fingerprint density at radius 3 is 1.59 bits per heavy atom. The van der Waals surface area contributed by atoms with Gasteiger partial charge in [-0.15, -0.1) is 11.8 Å². The molecule has 2 atom stereocenters. The fourth-order valence-corrected chi connectivity index (χ4v) is 10.7. The lowest BCUT2D eigenvalue weighted by Crippen LogP contribution is -2.85. The van der Waals surface area contributed by atoms with Crippen LogP contribution in [0.3, 0.4) is 0 Å². The van der Waals surface area contributed by atoms with Crippen LogP contribution in [0.15, 0.2) is 121 Å². The van der Waals surface area contributed by atoms with Crippen LogP contribution in [0.5, 0.6) is 0 Å². The summed E-state index contributed by atoms with van der Waals surface area (Å²) in [7, 11) is -0.915. The quantitative estimate of drug-likeness (QED) is 0.0857. The average Bonchev–Trinajstić information content (AvgIpc) is 3.03. The highest BCUT2D eigenvalue weighted by molar-refractivity contribution is 8.01. The van der Waals surface area contributed by atoms with E-state index in [0.717, 1.165) is 22.3 Å². The van der Waals surface area contributed by atoms with Crippen molar-refractivity contribution in [3.63, 3.8) is 0 Å². The molecule has 0 spiro atoms. The van der Waals surface area contributed by atoms with Gasteiger partial charge in [0.15, 0.2) is 8.24 Å². The van der Waals surface area contributed by atoms with E-state index in [1.807, 2.05) is 48.5 Å². The molecule has 2 amide bonds. The van der Waals surface area contributed by atoms with Crippen molar-refractivity contribution in [1.29, 1.82) is 0 Å². The Kier molecular flexibility index (Phi) is 8.94. The monoisotopic (exact) mass is 622 g/mol. The van der Waals surface area contributed by atoms with Crippen LogP contribution in [0.4, 0.5) is 0 Å². The Bertz CT molecular complexity index is 1480. The third kappa shape index (κ3) is 5.53. The van der Waals surface area contributed by atoms with Gasteiger partial charge in [0.05, 0.1) is 11.2 Å². The van der Waals surface area contributed by atoms with Crippen LogP contribution in [-0.2, 0) is 25.5 Å². The number of nitrogens with one attached hydrogen (secondary N) is 1. The highest BCUT2D eigenvalue weighted by atomic mass is 32.2. The van der Waals surface area contributed by atoms with Crippen LogP contribution < -0.4 is 5.32 Å². The van der Waals surface area contributed by atoms with Gasteiger partial charge >= 0.3 is 0 Å². The van der Waals surface area contributed by atoms with Crippen molar-refractivity contribution in [2.75, 3.05) is 7.11 Å². The van der Waals surface area contributed by atoms with Crippen LogP contribution in [-0.4, -0.2) is 42.8 Å². The van der Waals surface area contributed by atoms with Crippen molar-refractivity contribution < 1.29 is 14.3 Å². The number of benzene rings is 4. The number of carbonyl (C=O) groups excluding carboxylic acids is 2. The number of thioether (sulfide) groups is 1. The summed E-state index contributed by atoms with van der Waals surface area (Å²) in [6, 6.07) is 40.8. The molecule has 7 heteroatoms. The number of carbonyl (C=O) groups is 2. The second-order valence-electron chi connectivity index (χ2n) is 12.9. The summed E-state index contributed by atoms with van der Waals surface area (Å²) < 4.78 is 7.52. The number of β-lactam (4-membered cyclic amide) rings is 1. The van der Waals surface area contributed by atoms with Crippen molar-refractivity contribution in [2.24, 2.45) is 0 Å². The fourth-order valence-electron chi connectivity index (χ4n) is 5.83. The van der Waals surface area contributed by atoms with Gasteiger partial charge in [0.1, 0.15) is 5.37 Å². The summed E-state index contributed by atoms with van der Waals surface area (Å²) in [6.45, 7) is 11.1. The standard InChI is InChI=1S/C37H42N2O3SSi/c1-35(2,3)44(5,6)39-33(41)37(42-4,38-32(40)27-28-19-11-7-12-20-28)34(39)43-36(29-21-13-8-14-22-29,30-23-15-9-16-24-30)31-25-17-10-18-26-31/h7-26,34H,27H2,1-6H3,(H,38,40)/t34-,37+/m1/s1. The van der Waals surface area contributed by atoms with Crippen LogP contribution in [0, 0.1) is 0 Å². The van der Waals surface area contributed by atoms with E-state index in [1.165, 1.54) is 7.11 Å². The van der Waals surface area contributed by atoms with Crippen molar-refractivity contribution in [3.05, 3.63) is 144 Å². The molecule has 0 bridgehead atoms. The largest absolute Gasteiger partial charge is 0.349 e. The number of methoxy groups -OCH3 is 1. The Labute approximate surface area is 267 Å². The zero-order valence-electron chi connectivity index (χ0n) is 26.4. The fraction of sp³-hybridized carbons (Fsp3) is 0.297. The first-order valence-corrected chi connectivity index (χ1v) is 18.9. The van der Waals surface area contributed by atoms with Crippen molar-refractivity contribution in [2.45, 2.75) is 61.2 Å². The molecule has 4 aromatic rings. The Hall–Kier alpha value is -3.65. The maximum Gasteiger partial charge on any atom is 0.272 e. The molecule has 44 heavy (non-hydrogen) atoms. The first-order chi connectivity index (χ1) is 21.0. The number of amides is 2. The molecule has 5 nitrogen and oxygen atoms in total. The maximum absolute atomic E-state index is 14.5. The first kappa shape index (κ1) is 31.8. The summed E-state index contributed by atoms with van der Waals surface area (Å²) in [4.78, 5) is 28.1. The predicted molar refractivity (Wildman–Crippen MR) is 183 cm³/mol. The lowest BCUT2D eigenvalue weighted by molar-refractivity contribution is -0.185. The normalized spacial score (nSPS) is 18.9. The smallest absolute Gasteiger partial charge is 0.272 e. The van der Waals surface area contributed by atoms with E-state index >= 15 is 0 Å². The minimum Gasteiger partial charge on any atom is -0.349 e. The third-order valence-electron chi connectivity index (χ3n) is 9.24. The van der Waals surface area contributed by atoms with Gasteiger partial charge in [-0.25, -0.2) is 0 Å². The predicted octanol–water partition coefficient (Wildman–Crippen LogP) is 7.59. The number of rotatable bonds is 10. The zero-order valence-corrected chi connectivity index (χ0v) is 28.2. The van der Waals surface area contributed by atoms with Crippen molar-refractivity contribution in [1.82, 2.24) is 9.88 Å². The van der Waals surface area contributed by atoms with Gasteiger partial charge in [0.2, 0.25) is 11.6 Å². The lowest BCUT2D eigenvalue weighted by atomic mass is 9.84. The minimum absolute atomic E-state index is 0.135. The molecule has 1 saturated heterocycles. The Balaban J connectivity index is 1.70. The maximum atomic E-state index is 14.5. The molecule has 1 heterocycles. The zero-order chi connectivity index (χ0) is 31.6. The SMILES string of the molecule is CO[C@@]1(NC(=O)Cc2ccccc2)C(=O)N([Si](C)(C)C(C)(C)C)[C@@H]1SC(c1ccccc1)(c1ccccc1)c1ccccc1. The summed E-state index contributed by atoms with van der Waals surface area (Å²) >= 11 is 1.67. The second-order valence-corrected chi connectivity index (χ2v) is 19.3. The lowest BCUT2D eigenvalue weighted by Gasteiger charge is -2.63. The highest BCUT2D eigenvalue weighted by Gasteiger charge is 2.69.